The number of aliphatic hydroxyl groups excluding tert-OH is 14. The molecular weight excluding hydrogens is 1030 g/mol. The van der Waals surface area contributed by atoms with Crippen molar-refractivity contribution in [2.45, 2.75) is 248 Å². The maximum Gasteiger partial charge on any atom is 0.335 e. The number of aliphatic hydroxyl groups is 14. The van der Waals surface area contributed by atoms with Crippen molar-refractivity contribution in [1.82, 2.24) is 0 Å². The second kappa shape index (κ2) is 21.8. The normalized spacial score (nSPS) is 54.9. The Morgan fingerprint density at radius 2 is 1.13 bits per heavy atom. The first-order chi connectivity index (χ1) is 36.4. The lowest BCUT2D eigenvalue weighted by molar-refractivity contribution is -0.406. The molecule has 78 heavy (non-hydrogen) atoms. The molecule has 0 unspecified atom stereocenters. The van der Waals surface area contributed by atoms with E-state index < -0.39 is 177 Å². The zero-order valence-electron chi connectivity index (χ0n) is 45.7. The molecule has 0 amide bonds. The predicted molar refractivity (Wildman–Crippen MR) is 265 cm³/mol. The van der Waals surface area contributed by atoms with Gasteiger partial charge in [-0.25, -0.2) is 4.79 Å². The summed E-state index contributed by atoms with van der Waals surface area (Å²) in [5.41, 5.74) is -2.05. The van der Waals surface area contributed by atoms with Gasteiger partial charge in [-0.1, -0.05) is 60.1 Å². The first-order valence-electron chi connectivity index (χ1n) is 27.9. The van der Waals surface area contributed by atoms with Gasteiger partial charge in [0.05, 0.1) is 49.7 Å². The van der Waals surface area contributed by atoms with Crippen molar-refractivity contribution in [2.24, 2.45) is 50.2 Å². The summed E-state index contributed by atoms with van der Waals surface area (Å²) < 4.78 is 49.0. The van der Waals surface area contributed by atoms with E-state index in [1.807, 2.05) is 13.8 Å². The van der Waals surface area contributed by atoms with E-state index in [1.54, 1.807) is 0 Å². The van der Waals surface area contributed by atoms with E-state index >= 15 is 0 Å². The Morgan fingerprint density at radius 1 is 0.577 bits per heavy atom. The molecular formula is C54H88O24. The SMILES string of the molecule is C[C@@H]1O[C@@H](O[C@@H]2[C@@H](O[C@@H]3[C@H](O)[C@H](C(=O)O)O[C@H](O[C@H]4CC[C@]5(C)[C@H](CC[C@]6(C)[C@H]5CC=C5[C@@H]7CC(C)(C)C[C@@H](O)[C@]7(CO)[C@@H](O)C[C@@]56C)C4(C)C)[C@@H]3O[C@H]3O[C@H](CO)[C@H](O)[C@H](O)[C@@H]3O)O[C@H](CO)[C@@H](O)[C@H]2O)[C@H](O)[C@H](O)[C@H]1O. The molecule has 4 saturated heterocycles. The standard InChI is InChI=1S/C54H88O24/c1-21-31(60)34(63)37(66)45(71-21)77-42-36(65)33(62)25(19-56)73-47(42)75-40-39(68)41(44(69)70)76-48(43(40)78-46-38(67)35(64)32(61)24(18-55)72-46)74-30-12-13-51(6)26(50(30,4)5)11-14-52(7)27(51)10-9-22-23-15-49(2,3)16-28(58)54(23,20-57)29(59)17-53(22,52)8/h9,21,23-43,45-48,55-68H,10-20H2,1-8H3,(H,69,70)/t21-,23-,24+,25+,26+,27-,28+,29-,30-,31-,32-,33+,34+,35-,36+,37+,38-,39-,40+,41+,42-,43+,45-,46+,47+,48-,51+,52+,53-,54+/m0/s1. The molecule has 0 spiro atoms. The summed E-state index contributed by atoms with van der Waals surface area (Å²) in [6.45, 7) is 14.4. The highest BCUT2D eigenvalue weighted by Crippen LogP contribution is 2.76. The molecule has 0 aromatic heterocycles. The van der Waals surface area contributed by atoms with Gasteiger partial charge in [-0.3, -0.25) is 0 Å². The van der Waals surface area contributed by atoms with Gasteiger partial charge in [-0.2, -0.15) is 0 Å². The molecule has 30 atom stereocenters. The van der Waals surface area contributed by atoms with Crippen molar-refractivity contribution < 1.29 is 119 Å². The summed E-state index contributed by atoms with van der Waals surface area (Å²) in [5.74, 6) is -1.91. The second-order valence-corrected chi connectivity index (χ2v) is 26.6. The van der Waals surface area contributed by atoms with E-state index in [2.05, 4.69) is 40.7 Å². The molecule has 448 valence electrons. The third-order valence-electron chi connectivity index (χ3n) is 21.5. The van der Waals surface area contributed by atoms with Crippen molar-refractivity contribution in [3.63, 3.8) is 0 Å². The number of hydrogen-bond donors (Lipinski definition) is 15. The van der Waals surface area contributed by atoms with E-state index in [9.17, 15) is 81.4 Å². The minimum absolute atomic E-state index is 0.0567. The fourth-order valence-corrected chi connectivity index (χ4v) is 16.8. The highest BCUT2D eigenvalue weighted by atomic mass is 16.8. The van der Waals surface area contributed by atoms with Gasteiger partial charge in [0, 0.05) is 0 Å². The molecule has 9 aliphatic rings. The number of carboxylic acid groups (broad SMARTS) is 1. The summed E-state index contributed by atoms with van der Waals surface area (Å²) in [7, 11) is 0. The number of ether oxygens (including phenoxy) is 8. The van der Waals surface area contributed by atoms with E-state index in [4.69, 9.17) is 37.9 Å². The number of carbonyl (C=O) groups is 1. The third kappa shape index (κ3) is 9.57. The van der Waals surface area contributed by atoms with Crippen LogP contribution in [0.15, 0.2) is 11.6 Å². The minimum Gasteiger partial charge on any atom is -0.479 e. The van der Waals surface area contributed by atoms with Gasteiger partial charge in [0.25, 0.3) is 0 Å². The van der Waals surface area contributed by atoms with Gasteiger partial charge in [-0.15, -0.1) is 0 Å². The Kier molecular flexibility index (Phi) is 17.0. The molecule has 4 aliphatic heterocycles. The number of aliphatic carboxylic acids is 1. The number of allylic oxidation sites excluding steroid dienone is 2. The molecule has 0 aromatic carbocycles. The first kappa shape index (κ1) is 60.9. The Balaban J connectivity index is 1.05. The Hall–Kier alpha value is -1.67. The smallest absolute Gasteiger partial charge is 0.335 e. The third-order valence-corrected chi connectivity index (χ3v) is 21.5. The van der Waals surface area contributed by atoms with E-state index in [0.717, 1.165) is 6.42 Å². The molecule has 4 heterocycles. The van der Waals surface area contributed by atoms with Gasteiger partial charge >= 0.3 is 5.97 Å². The zero-order chi connectivity index (χ0) is 57.3. The van der Waals surface area contributed by atoms with Crippen molar-refractivity contribution in [3.05, 3.63) is 11.6 Å². The summed E-state index contributed by atoms with van der Waals surface area (Å²) in [6, 6.07) is 0. The summed E-state index contributed by atoms with van der Waals surface area (Å²) in [4.78, 5) is 13.1. The number of fused-ring (bicyclic) bond motifs is 7. The molecule has 0 radical (unpaired) electrons. The summed E-state index contributed by atoms with van der Waals surface area (Å²) in [5, 5.41) is 165. The second-order valence-electron chi connectivity index (χ2n) is 26.6. The van der Waals surface area contributed by atoms with Crippen molar-refractivity contribution >= 4 is 5.97 Å². The zero-order valence-corrected chi connectivity index (χ0v) is 45.7. The van der Waals surface area contributed by atoms with E-state index in [1.165, 1.54) is 12.5 Å². The maximum absolute atomic E-state index is 13.1. The van der Waals surface area contributed by atoms with Crippen molar-refractivity contribution in [2.75, 3.05) is 19.8 Å². The fraction of sp³-hybridized carbons (Fsp3) is 0.944. The average molecular weight is 1120 g/mol. The quantitative estimate of drug-likeness (QED) is 0.0709. The average Bonchev–Trinajstić information content (AvgIpc) is 2.22. The molecule has 0 aromatic rings. The number of hydrogen-bond acceptors (Lipinski definition) is 23. The fourth-order valence-electron chi connectivity index (χ4n) is 16.8. The molecule has 15 N–H and O–H groups in total. The summed E-state index contributed by atoms with van der Waals surface area (Å²) in [6.07, 6.45) is -33.1. The number of rotatable bonds is 12. The monoisotopic (exact) mass is 1120 g/mol. The molecule has 4 saturated carbocycles. The molecule has 5 aliphatic carbocycles. The van der Waals surface area contributed by atoms with Crippen LogP contribution in [0.1, 0.15) is 107 Å². The lowest BCUT2D eigenvalue weighted by Crippen LogP contribution is -2.70. The lowest BCUT2D eigenvalue weighted by atomic mass is 9.33. The van der Waals surface area contributed by atoms with Crippen LogP contribution in [-0.4, -0.2) is 244 Å². The topological polar surface area (TPSA) is 394 Å². The summed E-state index contributed by atoms with van der Waals surface area (Å²) >= 11 is 0. The van der Waals surface area contributed by atoms with Crippen LogP contribution in [-0.2, 0) is 42.7 Å². The van der Waals surface area contributed by atoms with Gasteiger partial charge in [0.1, 0.15) is 85.5 Å². The molecule has 9 rings (SSSR count). The Morgan fingerprint density at radius 3 is 1.74 bits per heavy atom. The van der Waals surface area contributed by atoms with Crippen LogP contribution in [0, 0.1) is 50.2 Å². The molecule has 24 heteroatoms. The van der Waals surface area contributed by atoms with Crippen LogP contribution in [0.4, 0.5) is 0 Å². The Labute approximate surface area is 453 Å². The van der Waals surface area contributed by atoms with Gasteiger partial charge in [0.15, 0.2) is 31.3 Å². The van der Waals surface area contributed by atoms with Gasteiger partial charge < -0.3 is 114 Å². The van der Waals surface area contributed by atoms with Crippen molar-refractivity contribution in [3.8, 4) is 0 Å². The highest BCUT2D eigenvalue weighted by molar-refractivity contribution is 5.73. The Bertz CT molecular complexity index is 2170. The van der Waals surface area contributed by atoms with Gasteiger partial charge in [-0.05, 0) is 103 Å². The van der Waals surface area contributed by atoms with Crippen molar-refractivity contribution in [1.29, 1.82) is 0 Å². The largest absolute Gasteiger partial charge is 0.479 e. The van der Waals surface area contributed by atoms with E-state index in [-0.39, 0.29) is 40.6 Å². The van der Waals surface area contributed by atoms with Crippen LogP contribution < -0.4 is 0 Å². The van der Waals surface area contributed by atoms with E-state index in [0.29, 0.717) is 44.9 Å². The maximum atomic E-state index is 13.1. The number of carboxylic acids is 1. The molecule has 8 fully saturated rings. The molecule has 0 bridgehead atoms. The highest BCUT2D eigenvalue weighted by Gasteiger charge is 2.72. The van der Waals surface area contributed by atoms with Gasteiger partial charge in [0.2, 0.25) is 0 Å². The van der Waals surface area contributed by atoms with Crippen LogP contribution in [0.3, 0.4) is 0 Å². The van der Waals surface area contributed by atoms with Crippen LogP contribution in [0.2, 0.25) is 0 Å². The lowest BCUT2D eigenvalue weighted by Gasteiger charge is -2.72. The molecule has 24 nitrogen and oxygen atoms in total. The van der Waals surface area contributed by atoms with Crippen LogP contribution >= 0.6 is 0 Å². The van der Waals surface area contributed by atoms with Crippen LogP contribution in [0.25, 0.3) is 0 Å². The van der Waals surface area contributed by atoms with Crippen LogP contribution in [0.5, 0.6) is 0 Å². The first-order valence-corrected chi connectivity index (χ1v) is 27.9. The predicted octanol–water partition coefficient (Wildman–Crippen LogP) is -2.50. The minimum atomic E-state index is -2.25.